The summed E-state index contributed by atoms with van der Waals surface area (Å²) in [7, 11) is 0. The molecule has 1 rings (SSSR count). The minimum Gasteiger partial charge on any atom is -0.337 e. The smallest absolute Gasteiger partial charge is 0.319 e. The van der Waals surface area contributed by atoms with Gasteiger partial charge < -0.3 is 16.4 Å². The predicted molar refractivity (Wildman–Crippen MR) is 52.4 cm³/mol. The molecular formula is C9H11F2N3O. The Balaban J connectivity index is 2.68. The molecule has 0 aliphatic heterocycles. The Morgan fingerprint density at radius 3 is 2.47 bits per heavy atom. The van der Waals surface area contributed by atoms with Gasteiger partial charge in [0.15, 0.2) is 0 Å². The van der Waals surface area contributed by atoms with Crippen LogP contribution >= 0.6 is 0 Å². The zero-order valence-corrected chi connectivity index (χ0v) is 7.89. The number of halogens is 2. The van der Waals surface area contributed by atoms with Crippen LogP contribution in [0.25, 0.3) is 0 Å². The Labute approximate surface area is 85.5 Å². The third kappa shape index (κ3) is 3.17. The summed E-state index contributed by atoms with van der Waals surface area (Å²) in [6.45, 7) is 0.495. The minimum atomic E-state index is -0.821. The molecule has 4 nitrogen and oxygen atoms in total. The highest BCUT2D eigenvalue weighted by Gasteiger charge is 2.10. The van der Waals surface area contributed by atoms with Crippen LogP contribution < -0.4 is 16.4 Å². The lowest BCUT2D eigenvalue weighted by Crippen LogP contribution is -2.33. The van der Waals surface area contributed by atoms with Crippen LogP contribution in [-0.2, 0) is 0 Å². The molecule has 4 N–H and O–H groups in total. The highest BCUT2D eigenvalue weighted by Crippen LogP contribution is 2.17. The fraction of sp³-hybridized carbons (Fsp3) is 0.222. The van der Waals surface area contributed by atoms with Crippen molar-refractivity contribution in [3.05, 3.63) is 29.8 Å². The van der Waals surface area contributed by atoms with E-state index in [1.54, 1.807) is 0 Å². The monoisotopic (exact) mass is 215 g/mol. The van der Waals surface area contributed by atoms with Crippen LogP contribution in [0.4, 0.5) is 19.3 Å². The van der Waals surface area contributed by atoms with E-state index in [0.29, 0.717) is 0 Å². The van der Waals surface area contributed by atoms with Crippen molar-refractivity contribution in [1.82, 2.24) is 5.32 Å². The lowest BCUT2D eigenvalue weighted by Gasteiger charge is -2.07. The molecule has 0 aliphatic rings. The molecule has 82 valence electrons. The Kier molecular flexibility index (Phi) is 3.99. The van der Waals surface area contributed by atoms with Gasteiger partial charge in [-0.1, -0.05) is 6.07 Å². The molecule has 1 aromatic carbocycles. The second kappa shape index (κ2) is 5.26. The van der Waals surface area contributed by atoms with Crippen LogP contribution in [0.3, 0.4) is 0 Å². The number of carbonyl (C=O) groups is 1. The molecule has 2 amide bonds. The normalized spacial score (nSPS) is 9.80. The second-order valence-corrected chi connectivity index (χ2v) is 2.77. The summed E-state index contributed by atoms with van der Waals surface area (Å²) < 4.78 is 26.1. The van der Waals surface area contributed by atoms with E-state index >= 15 is 0 Å². The number of amides is 2. The largest absolute Gasteiger partial charge is 0.337 e. The van der Waals surface area contributed by atoms with Crippen molar-refractivity contribution < 1.29 is 13.6 Å². The molecular weight excluding hydrogens is 204 g/mol. The predicted octanol–water partition coefficient (Wildman–Crippen LogP) is 1.04. The number of para-hydroxylation sites is 1. The summed E-state index contributed by atoms with van der Waals surface area (Å²) in [6, 6.07) is 2.64. The zero-order chi connectivity index (χ0) is 11.3. The van der Waals surface area contributed by atoms with Gasteiger partial charge in [-0.05, 0) is 12.1 Å². The van der Waals surface area contributed by atoms with E-state index in [1.165, 1.54) is 6.07 Å². The van der Waals surface area contributed by atoms with E-state index in [2.05, 4.69) is 10.6 Å². The van der Waals surface area contributed by atoms with Gasteiger partial charge in [-0.3, -0.25) is 0 Å². The van der Waals surface area contributed by atoms with Crippen molar-refractivity contribution in [2.75, 3.05) is 18.4 Å². The first kappa shape index (κ1) is 11.4. The summed E-state index contributed by atoms with van der Waals surface area (Å²) in [5.74, 6) is -1.64. The number of hydrogen-bond acceptors (Lipinski definition) is 2. The quantitative estimate of drug-likeness (QED) is 0.705. The fourth-order valence-corrected chi connectivity index (χ4v) is 0.961. The van der Waals surface area contributed by atoms with Crippen molar-refractivity contribution in [2.45, 2.75) is 0 Å². The van der Waals surface area contributed by atoms with Gasteiger partial charge in [0, 0.05) is 13.1 Å². The molecule has 0 saturated heterocycles. The number of anilines is 1. The van der Waals surface area contributed by atoms with Gasteiger partial charge in [0.1, 0.15) is 17.3 Å². The van der Waals surface area contributed by atoms with E-state index < -0.39 is 23.4 Å². The van der Waals surface area contributed by atoms with Crippen molar-refractivity contribution in [2.24, 2.45) is 5.73 Å². The Bertz CT molecular complexity index is 337. The Morgan fingerprint density at radius 1 is 1.33 bits per heavy atom. The van der Waals surface area contributed by atoms with E-state index in [9.17, 15) is 13.6 Å². The summed E-state index contributed by atoms with van der Waals surface area (Å²) in [5, 5.41) is 4.38. The molecule has 0 aromatic heterocycles. The first-order chi connectivity index (χ1) is 7.15. The summed E-state index contributed by atoms with van der Waals surface area (Å²) in [4.78, 5) is 11.1. The third-order valence-electron chi connectivity index (χ3n) is 1.63. The van der Waals surface area contributed by atoms with Gasteiger partial charge in [0.25, 0.3) is 0 Å². The maximum absolute atomic E-state index is 13.0. The van der Waals surface area contributed by atoms with Gasteiger partial charge >= 0.3 is 6.03 Å². The van der Waals surface area contributed by atoms with E-state index in [-0.39, 0.29) is 13.1 Å². The van der Waals surface area contributed by atoms with Gasteiger partial charge in [0.2, 0.25) is 0 Å². The van der Waals surface area contributed by atoms with Crippen molar-refractivity contribution in [3.8, 4) is 0 Å². The second-order valence-electron chi connectivity index (χ2n) is 2.77. The number of benzene rings is 1. The van der Waals surface area contributed by atoms with Gasteiger partial charge in [-0.2, -0.15) is 0 Å². The number of rotatable bonds is 3. The zero-order valence-electron chi connectivity index (χ0n) is 7.89. The van der Waals surface area contributed by atoms with Crippen LogP contribution in [0.15, 0.2) is 18.2 Å². The lowest BCUT2D eigenvalue weighted by molar-refractivity contribution is 0.252. The number of nitrogens with two attached hydrogens (primary N) is 1. The van der Waals surface area contributed by atoms with E-state index in [4.69, 9.17) is 5.73 Å². The Hall–Kier alpha value is -1.69. The third-order valence-corrected chi connectivity index (χ3v) is 1.63. The van der Waals surface area contributed by atoms with E-state index in [0.717, 1.165) is 12.1 Å². The molecule has 0 radical (unpaired) electrons. The van der Waals surface area contributed by atoms with Crippen molar-refractivity contribution in [1.29, 1.82) is 0 Å². The highest BCUT2D eigenvalue weighted by molar-refractivity contribution is 5.89. The molecule has 15 heavy (non-hydrogen) atoms. The summed E-state index contributed by atoms with van der Waals surface area (Å²) in [5.41, 5.74) is 4.67. The number of nitrogens with one attached hydrogen (secondary N) is 2. The van der Waals surface area contributed by atoms with Crippen molar-refractivity contribution in [3.63, 3.8) is 0 Å². The summed E-state index contributed by atoms with van der Waals surface area (Å²) >= 11 is 0. The molecule has 0 spiro atoms. The SMILES string of the molecule is NCCNC(=O)Nc1c(F)cccc1F. The van der Waals surface area contributed by atoms with Gasteiger partial charge in [0.05, 0.1) is 0 Å². The minimum absolute atomic E-state index is 0.238. The van der Waals surface area contributed by atoms with Crippen molar-refractivity contribution >= 4 is 11.7 Å². The van der Waals surface area contributed by atoms with E-state index in [1.807, 2.05) is 0 Å². The number of carbonyl (C=O) groups excluding carboxylic acids is 1. The maximum Gasteiger partial charge on any atom is 0.319 e. The van der Waals surface area contributed by atoms with Crippen LogP contribution in [0.2, 0.25) is 0 Å². The first-order valence-electron chi connectivity index (χ1n) is 4.34. The molecule has 0 fully saturated rings. The topological polar surface area (TPSA) is 67.1 Å². The lowest BCUT2D eigenvalue weighted by atomic mass is 10.3. The molecule has 0 atom stereocenters. The number of urea groups is 1. The van der Waals surface area contributed by atoms with Gasteiger partial charge in [-0.15, -0.1) is 0 Å². The molecule has 6 heteroatoms. The Morgan fingerprint density at radius 2 is 1.93 bits per heavy atom. The molecule has 1 aromatic rings. The molecule has 0 heterocycles. The first-order valence-corrected chi connectivity index (χ1v) is 4.34. The maximum atomic E-state index is 13.0. The standard InChI is InChI=1S/C9H11F2N3O/c10-6-2-1-3-7(11)8(6)14-9(15)13-5-4-12/h1-3H,4-5,12H2,(H2,13,14,15). The van der Waals surface area contributed by atoms with Crippen LogP contribution in [-0.4, -0.2) is 19.1 Å². The fourth-order valence-electron chi connectivity index (χ4n) is 0.961. The average molecular weight is 215 g/mol. The average Bonchev–Trinajstić information content (AvgIpc) is 2.21. The van der Waals surface area contributed by atoms with Crippen LogP contribution in [0.1, 0.15) is 0 Å². The molecule has 0 unspecified atom stereocenters. The molecule has 0 saturated carbocycles. The van der Waals surface area contributed by atoms with Gasteiger partial charge in [-0.25, -0.2) is 13.6 Å². The van der Waals surface area contributed by atoms with Crippen LogP contribution in [0.5, 0.6) is 0 Å². The molecule has 0 aliphatic carbocycles. The van der Waals surface area contributed by atoms with Crippen LogP contribution in [0, 0.1) is 11.6 Å². The molecule has 0 bridgehead atoms. The highest BCUT2D eigenvalue weighted by atomic mass is 19.1. The summed E-state index contributed by atoms with van der Waals surface area (Å²) in [6.07, 6.45) is 0. The number of hydrogen-bond donors (Lipinski definition) is 3.